The number of rotatable bonds is 7. The quantitative estimate of drug-likeness (QED) is 0.549. The molecule has 0 saturated heterocycles. The monoisotopic (exact) mass is 248 g/mol. The third-order valence-corrected chi connectivity index (χ3v) is 4.66. The molecule has 1 atom stereocenters. The average Bonchev–Trinajstić information content (AvgIpc) is 2.13. The minimum Gasteiger partial charge on any atom is -0.398 e. The SMILES string of the molecule is CO[Si](C)(CCCO)OCOC(F)(F)F. The molecule has 0 aliphatic carbocycles. The van der Waals surface area contributed by atoms with Crippen LogP contribution in [0.25, 0.3) is 0 Å². The van der Waals surface area contributed by atoms with Crippen LogP contribution in [-0.4, -0.2) is 40.5 Å². The van der Waals surface area contributed by atoms with E-state index in [2.05, 4.69) is 4.74 Å². The number of halogens is 3. The van der Waals surface area contributed by atoms with Crippen molar-refractivity contribution in [2.45, 2.75) is 25.4 Å². The highest BCUT2D eigenvalue weighted by atomic mass is 28.4. The van der Waals surface area contributed by atoms with Crippen LogP contribution in [0.4, 0.5) is 13.2 Å². The zero-order valence-electron chi connectivity index (χ0n) is 8.63. The van der Waals surface area contributed by atoms with E-state index in [1.807, 2.05) is 0 Å². The van der Waals surface area contributed by atoms with Crippen LogP contribution in [0.5, 0.6) is 0 Å². The molecular formula is C7H15F3O4Si. The Morgan fingerprint density at radius 2 is 1.93 bits per heavy atom. The van der Waals surface area contributed by atoms with Crippen molar-refractivity contribution in [2.24, 2.45) is 0 Å². The molecule has 0 fully saturated rings. The van der Waals surface area contributed by atoms with E-state index in [-0.39, 0.29) is 6.61 Å². The van der Waals surface area contributed by atoms with Crippen molar-refractivity contribution in [1.29, 1.82) is 0 Å². The van der Waals surface area contributed by atoms with E-state index >= 15 is 0 Å². The standard InChI is InChI=1S/C7H15F3O4Si/c1-12-15(2,5-3-4-11)14-6-13-7(8,9)10/h11H,3-6H2,1-2H3. The first-order valence-corrected chi connectivity index (χ1v) is 6.86. The molecule has 4 nitrogen and oxygen atoms in total. The lowest BCUT2D eigenvalue weighted by Gasteiger charge is -2.24. The largest absolute Gasteiger partial charge is 0.524 e. The van der Waals surface area contributed by atoms with Gasteiger partial charge in [0.05, 0.1) is 0 Å². The Kier molecular flexibility index (Phi) is 6.37. The van der Waals surface area contributed by atoms with E-state index in [1.54, 1.807) is 6.55 Å². The summed E-state index contributed by atoms with van der Waals surface area (Å²) in [4.78, 5) is 0. The predicted octanol–water partition coefficient (Wildman–Crippen LogP) is 1.60. The summed E-state index contributed by atoms with van der Waals surface area (Å²) in [7, 11) is -1.26. The Labute approximate surface area is 87.2 Å². The molecule has 15 heavy (non-hydrogen) atoms. The van der Waals surface area contributed by atoms with Crippen LogP contribution in [-0.2, 0) is 13.6 Å². The number of hydrogen-bond acceptors (Lipinski definition) is 4. The maximum atomic E-state index is 11.6. The van der Waals surface area contributed by atoms with Crippen LogP contribution >= 0.6 is 0 Å². The summed E-state index contributed by atoms with van der Waals surface area (Å²) >= 11 is 0. The maximum Gasteiger partial charge on any atom is 0.524 e. The Balaban J connectivity index is 3.87. The second-order valence-corrected chi connectivity index (χ2v) is 6.48. The fourth-order valence-electron chi connectivity index (χ4n) is 0.854. The van der Waals surface area contributed by atoms with Gasteiger partial charge in [0.25, 0.3) is 0 Å². The van der Waals surface area contributed by atoms with Gasteiger partial charge in [-0.2, -0.15) is 0 Å². The van der Waals surface area contributed by atoms with Gasteiger partial charge in [0.1, 0.15) is 6.79 Å². The highest BCUT2D eigenvalue weighted by Crippen LogP contribution is 2.19. The molecule has 0 aromatic rings. The summed E-state index contributed by atoms with van der Waals surface area (Å²) in [6.07, 6.45) is -4.26. The smallest absolute Gasteiger partial charge is 0.398 e. The lowest BCUT2D eigenvalue weighted by Crippen LogP contribution is -2.39. The Hall–Kier alpha value is -0.153. The van der Waals surface area contributed by atoms with Gasteiger partial charge in [0.15, 0.2) is 0 Å². The van der Waals surface area contributed by atoms with Gasteiger partial charge in [-0.25, -0.2) is 0 Å². The summed E-state index contributed by atoms with van der Waals surface area (Å²) in [5.41, 5.74) is 0. The van der Waals surface area contributed by atoms with E-state index in [4.69, 9.17) is 14.0 Å². The maximum absolute atomic E-state index is 11.6. The van der Waals surface area contributed by atoms with Crippen LogP contribution in [0.15, 0.2) is 0 Å². The number of aliphatic hydroxyl groups is 1. The van der Waals surface area contributed by atoms with Gasteiger partial charge >= 0.3 is 14.9 Å². The zero-order valence-corrected chi connectivity index (χ0v) is 9.63. The van der Waals surface area contributed by atoms with E-state index in [0.29, 0.717) is 12.5 Å². The Morgan fingerprint density at radius 3 is 2.33 bits per heavy atom. The summed E-state index contributed by atoms with van der Waals surface area (Å²) in [5.74, 6) is 0. The first kappa shape index (κ1) is 14.8. The van der Waals surface area contributed by atoms with Gasteiger partial charge in [-0.3, -0.25) is 4.74 Å². The van der Waals surface area contributed by atoms with E-state index in [1.165, 1.54) is 7.11 Å². The normalized spacial score (nSPS) is 16.4. The van der Waals surface area contributed by atoms with Gasteiger partial charge < -0.3 is 14.0 Å². The highest BCUT2D eigenvalue weighted by Gasteiger charge is 2.34. The van der Waals surface area contributed by atoms with Crippen molar-refractivity contribution in [3.63, 3.8) is 0 Å². The molecule has 0 spiro atoms. The van der Waals surface area contributed by atoms with Crippen LogP contribution in [0.3, 0.4) is 0 Å². The molecule has 0 aromatic carbocycles. The van der Waals surface area contributed by atoms with Crippen molar-refractivity contribution < 1.29 is 31.9 Å². The molecule has 0 rings (SSSR count). The third-order valence-electron chi connectivity index (χ3n) is 1.81. The molecule has 0 radical (unpaired) electrons. The molecule has 0 aromatic heterocycles. The fraction of sp³-hybridized carbons (Fsp3) is 1.00. The van der Waals surface area contributed by atoms with Crippen molar-refractivity contribution in [1.82, 2.24) is 0 Å². The fourth-order valence-corrected chi connectivity index (χ4v) is 2.43. The molecule has 92 valence electrons. The molecule has 0 bridgehead atoms. The van der Waals surface area contributed by atoms with Gasteiger partial charge in [-0.1, -0.05) is 0 Å². The minimum atomic E-state index is -4.69. The predicted molar refractivity (Wildman–Crippen MR) is 48.2 cm³/mol. The van der Waals surface area contributed by atoms with Crippen LogP contribution in [0.2, 0.25) is 12.6 Å². The minimum absolute atomic E-state index is 0.0462. The van der Waals surface area contributed by atoms with Gasteiger partial charge in [0, 0.05) is 13.7 Å². The Morgan fingerprint density at radius 1 is 1.33 bits per heavy atom. The van der Waals surface area contributed by atoms with E-state index in [0.717, 1.165) is 0 Å². The molecular weight excluding hydrogens is 233 g/mol. The van der Waals surface area contributed by atoms with Crippen LogP contribution < -0.4 is 0 Å². The van der Waals surface area contributed by atoms with Crippen LogP contribution in [0.1, 0.15) is 6.42 Å². The summed E-state index contributed by atoms with van der Waals surface area (Å²) in [5, 5.41) is 8.58. The van der Waals surface area contributed by atoms with Crippen molar-refractivity contribution >= 4 is 8.56 Å². The van der Waals surface area contributed by atoms with Gasteiger partial charge in [-0.15, -0.1) is 13.2 Å². The average molecular weight is 248 g/mol. The molecule has 1 N–H and O–H groups in total. The molecule has 0 saturated carbocycles. The summed E-state index contributed by atoms with van der Waals surface area (Å²) in [6, 6.07) is 0.418. The summed E-state index contributed by atoms with van der Waals surface area (Å²) < 4.78 is 48.3. The molecule has 8 heteroatoms. The zero-order chi connectivity index (χ0) is 11.9. The second kappa shape index (κ2) is 6.43. The lowest BCUT2D eigenvalue weighted by molar-refractivity contribution is -0.343. The van der Waals surface area contributed by atoms with Crippen molar-refractivity contribution in [3.8, 4) is 0 Å². The van der Waals surface area contributed by atoms with Gasteiger partial charge in [0.2, 0.25) is 0 Å². The second-order valence-electron chi connectivity index (χ2n) is 3.02. The highest BCUT2D eigenvalue weighted by molar-refractivity contribution is 6.65. The number of aliphatic hydroxyl groups excluding tert-OH is 1. The topological polar surface area (TPSA) is 47.9 Å². The van der Waals surface area contributed by atoms with Crippen LogP contribution in [0, 0.1) is 0 Å². The van der Waals surface area contributed by atoms with Crippen molar-refractivity contribution in [2.75, 3.05) is 20.5 Å². The molecule has 0 heterocycles. The first-order chi connectivity index (χ1) is 6.83. The number of hydrogen-bond donors (Lipinski definition) is 1. The molecule has 0 aliphatic heterocycles. The van der Waals surface area contributed by atoms with E-state index < -0.39 is 21.7 Å². The van der Waals surface area contributed by atoms with Crippen molar-refractivity contribution in [3.05, 3.63) is 0 Å². The molecule has 0 aliphatic rings. The lowest BCUT2D eigenvalue weighted by atomic mass is 10.5. The number of alkyl halides is 3. The van der Waals surface area contributed by atoms with Gasteiger partial charge in [-0.05, 0) is 19.0 Å². The molecule has 0 amide bonds. The first-order valence-electron chi connectivity index (χ1n) is 4.33. The number of ether oxygens (including phenoxy) is 1. The Bertz CT molecular complexity index is 178. The third kappa shape index (κ3) is 7.74. The molecule has 1 unspecified atom stereocenters. The summed E-state index contributed by atoms with van der Waals surface area (Å²) in [6.45, 7) is 0.698. The van der Waals surface area contributed by atoms with E-state index in [9.17, 15) is 13.2 Å².